The Morgan fingerprint density at radius 3 is 2.86 bits per heavy atom. The number of carbonyl (C=O) groups is 1. The van der Waals surface area contributed by atoms with E-state index in [1.807, 2.05) is 24.3 Å². The van der Waals surface area contributed by atoms with Crippen molar-refractivity contribution in [3.05, 3.63) is 58.9 Å². The molecule has 0 spiro atoms. The molecule has 0 bridgehead atoms. The molecule has 0 aliphatic rings. The minimum atomic E-state index is -0.247. The lowest BCUT2D eigenvalue weighted by atomic mass is 10.1. The standard InChI is InChI=1S/C16H16ClNO3/c1-20-16(19)7-5-13-4-6-14(9-15(13)17)21-11-12-3-2-8-18-10-12/h2-4,6,8-10H,5,7,11H2,1H3. The molecule has 1 aromatic heterocycles. The number of halogens is 1. The summed E-state index contributed by atoms with van der Waals surface area (Å²) >= 11 is 6.19. The molecule has 2 aromatic rings. The predicted molar refractivity (Wildman–Crippen MR) is 80.4 cm³/mol. The van der Waals surface area contributed by atoms with Gasteiger partial charge in [-0.2, -0.15) is 0 Å². The average molecular weight is 306 g/mol. The molecule has 0 saturated heterocycles. The third-order valence-corrected chi connectivity index (χ3v) is 3.33. The predicted octanol–water partition coefficient (Wildman–Crippen LogP) is 3.42. The first kappa shape index (κ1) is 15.3. The van der Waals surface area contributed by atoms with Gasteiger partial charge in [-0.1, -0.05) is 23.7 Å². The number of rotatable bonds is 6. The van der Waals surface area contributed by atoms with Crippen LogP contribution in [0.2, 0.25) is 5.02 Å². The van der Waals surface area contributed by atoms with Gasteiger partial charge in [0.2, 0.25) is 0 Å². The van der Waals surface area contributed by atoms with Crippen molar-refractivity contribution in [2.24, 2.45) is 0 Å². The Morgan fingerprint density at radius 2 is 2.19 bits per heavy atom. The summed E-state index contributed by atoms with van der Waals surface area (Å²) < 4.78 is 10.3. The number of ether oxygens (including phenoxy) is 2. The van der Waals surface area contributed by atoms with Crippen LogP contribution in [0.3, 0.4) is 0 Å². The fraction of sp³-hybridized carbons (Fsp3) is 0.250. The van der Waals surface area contributed by atoms with Crippen LogP contribution in [0.1, 0.15) is 17.5 Å². The highest BCUT2D eigenvalue weighted by molar-refractivity contribution is 6.31. The van der Waals surface area contributed by atoms with Crippen LogP contribution in [0, 0.1) is 0 Å². The monoisotopic (exact) mass is 305 g/mol. The topological polar surface area (TPSA) is 48.4 Å². The molecule has 0 N–H and O–H groups in total. The molecule has 110 valence electrons. The number of aromatic nitrogens is 1. The molecule has 0 fully saturated rings. The van der Waals surface area contributed by atoms with E-state index < -0.39 is 0 Å². The Balaban J connectivity index is 1.94. The zero-order valence-electron chi connectivity index (χ0n) is 11.7. The molecule has 21 heavy (non-hydrogen) atoms. The highest BCUT2D eigenvalue weighted by Crippen LogP contribution is 2.24. The van der Waals surface area contributed by atoms with Crippen molar-refractivity contribution in [3.8, 4) is 5.75 Å². The molecular formula is C16H16ClNO3. The van der Waals surface area contributed by atoms with Crippen molar-refractivity contribution in [2.45, 2.75) is 19.4 Å². The van der Waals surface area contributed by atoms with Crippen LogP contribution in [0.15, 0.2) is 42.7 Å². The Kier molecular flexibility index (Phi) is 5.58. The van der Waals surface area contributed by atoms with Crippen molar-refractivity contribution in [3.63, 3.8) is 0 Å². The molecule has 0 unspecified atom stereocenters. The molecule has 0 aliphatic carbocycles. The highest BCUT2D eigenvalue weighted by atomic mass is 35.5. The SMILES string of the molecule is COC(=O)CCc1ccc(OCc2cccnc2)cc1Cl. The highest BCUT2D eigenvalue weighted by Gasteiger charge is 2.06. The van der Waals surface area contributed by atoms with E-state index in [-0.39, 0.29) is 5.97 Å². The Hall–Kier alpha value is -2.07. The van der Waals surface area contributed by atoms with E-state index in [1.165, 1.54) is 7.11 Å². The van der Waals surface area contributed by atoms with Crippen LogP contribution < -0.4 is 4.74 Å². The van der Waals surface area contributed by atoms with Crippen LogP contribution in [0.4, 0.5) is 0 Å². The first-order chi connectivity index (χ1) is 10.2. The van der Waals surface area contributed by atoms with E-state index in [9.17, 15) is 4.79 Å². The second-order valence-electron chi connectivity index (χ2n) is 4.48. The van der Waals surface area contributed by atoms with Crippen LogP contribution in [0.25, 0.3) is 0 Å². The normalized spacial score (nSPS) is 10.2. The van der Waals surface area contributed by atoms with Gasteiger partial charge >= 0.3 is 5.97 Å². The quantitative estimate of drug-likeness (QED) is 0.767. The summed E-state index contributed by atoms with van der Waals surface area (Å²) in [4.78, 5) is 15.2. The third kappa shape index (κ3) is 4.76. The Labute approximate surface area is 128 Å². The summed E-state index contributed by atoms with van der Waals surface area (Å²) in [5.41, 5.74) is 1.89. The van der Waals surface area contributed by atoms with Crippen LogP contribution >= 0.6 is 11.6 Å². The van der Waals surface area contributed by atoms with Gasteiger partial charge < -0.3 is 9.47 Å². The van der Waals surface area contributed by atoms with Crippen molar-refractivity contribution in [1.82, 2.24) is 4.98 Å². The van der Waals surface area contributed by atoms with Crippen LogP contribution in [-0.4, -0.2) is 18.1 Å². The number of hydrogen-bond acceptors (Lipinski definition) is 4. The second-order valence-corrected chi connectivity index (χ2v) is 4.89. The van der Waals surface area contributed by atoms with Crippen molar-refractivity contribution in [2.75, 3.05) is 7.11 Å². The minimum absolute atomic E-state index is 0.247. The number of hydrogen-bond donors (Lipinski definition) is 0. The molecule has 0 aliphatic heterocycles. The Bertz CT molecular complexity index is 602. The molecule has 1 aromatic carbocycles. The van der Waals surface area contributed by atoms with Crippen molar-refractivity contribution >= 4 is 17.6 Å². The van der Waals surface area contributed by atoms with E-state index in [0.717, 1.165) is 11.1 Å². The zero-order valence-corrected chi connectivity index (χ0v) is 12.5. The fourth-order valence-electron chi connectivity index (χ4n) is 1.81. The minimum Gasteiger partial charge on any atom is -0.489 e. The number of benzene rings is 1. The summed E-state index contributed by atoms with van der Waals surface area (Å²) in [6.07, 6.45) is 4.34. The number of methoxy groups -OCH3 is 1. The molecule has 0 amide bonds. The van der Waals surface area contributed by atoms with E-state index in [0.29, 0.717) is 30.2 Å². The molecular weight excluding hydrogens is 290 g/mol. The van der Waals surface area contributed by atoms with Crippen LogP contribution in [0.5, 0.6) is 5.75 Å². The fourth-order valence-corrected chi connectivity index (χ4v) is 2.07. The summed E-state index contributed by atoms with van der Waals surface area (Å²) in [6, 6.07) is 9.27. The smallest absolute Gasteiger partial charge is 0.305 e. The lowest BCUT2D eigenvalue weighted by molar-refractivity contribution is -0.140. The van der Waals surface area contributed by atoms with Gasteiger partial charge in [0.15, 0.2) is 0 Å². The van der Waals surface area contributed by atoms with Crippen LogP contribution in [-0.2, 0) is 22.6 Å². The molecule has 0 radical (unpaired) electrons. The van der Waals surface area contributed by atoms with E-state index in [1.54, 1.807) is 18.5 Å². The number of carbonyl (C=O) groups excluding carboxylic acids is 1. The van der Waals surface area contributed by atoms with E-state index in [4.69, 9.17) is 16.3 Å². The molecule has 0 saturated carbocycles. The van der Waals surface area contributed by atoms with E-state index >= 15 is 0 Å². The third-order valence-electron chi connectivity index (χ3n) is 2.98. The second kappa shape index (κ2) is 7.64. The van der Waals surface area contributed by atoms with Gasteiger partial charge in [-0.05, 0) is 30.2 Å². The maximum absolute atomic E-state index is 11.1. The van der Waals surface area contributed by atoms with E-state index in [2.05, 4.69) is 9.72 Å². The maximum Gasteiger partial charge on any atom is 0.305 e. The van der Waals surface area contributed by atoms with Crippen molar-refractivity contribution in [1.29, 1.82) is 0 Å². The number of pyridine rings is 1. The lowest BCUT2D eigenvalue weighted by Crippen LogP contribution is -2.02. The number of aryl methyl sites for hydroxylation is 1. The summed E-state index contributed by atoms with van der Waals surface area (Å²) in [5.74, 6) is 0.439. The number of nitrogens with zero attached hydrogens (tertiary/aromatic N) is 1. The van der Waals surface area contributed by atoms with Gasteiger partial charge in [-0.25, -0.2) is 0 Å². The first-order valence-corrected chi connectivity index (χ1v) is 6.94. The summed E-state index contributed by atoms with van der Waals surface area (Å²) in [5, 5.41) is 0.586. The maximum atomic E-state index is 11.1. The molecule has 2 rings (SSSR count). The lowest BCUT2D eigenvalue weighted by Gasteiger charge is -2.09. The molecule has 0 atom stereocenters. The molecule has 5 heteroatoms. The van der Waals surface area contributed by atoms with Gasteiger partial charge in [0.1, 0.15) is 12.4 Å². The van der Waals surface area contributed by atoms with Gasteiger partial charge in [0.25, 0.3) is 0 Å². The molecule has 1 heterocycles. The Morgan fingerprint density at radius 1 is 1.33 bits per heavy atom. The average Bonchev–Trinajstić information content (AvgIpc) is 2.52. The van der Waals surface area contributed by atoms with Gasteiger partial charge in [0, 0.05) is 29.4 Å². The van der Waals surface area contributed by atoms with Gasteiger partial charge in [-0.15, -0.1) is 0 Å². The summed E-state index contributed by atoms with van der Waals surface area (Å²) in [7, 11) is 1.37. The molecule has 4 nitrogen and oxygen atoms in total. The van der Waals surface area contributed by atoms with Gasteiger partial charge in [-0.3, -0.25) is 9.78 Å². The number of esters is 1. The summed E-state index contributed by atoms with van der Waals surface area (Å²) in [6.45, 7) is 0.436. The first-order valence-electron chi connectivity index (χ1n) is 6.56. The largest absolute Gasteiger partial charge is 0.489 e. The van der Waals surface area contributed by atoms with Crippen molar-refractivity contribution < 1.29 is 14.3 Å². The zero-order chi connectivity index (χ0) is 15.1. The van der Waals surface area contributed by atoms with Gasteiger partial charge in [0.05, 0.1) is 7.11 Å².